The number of anilines is 1. The Hall–Kier alpha value is -2.49. The molecule has 0 aromatic heterocycles. The first-order valence-corrected chi connectivity index (χ1v) is 6.90. The molecular weight excluding hydrogens is 266 g/mol. The molecule has 0 unspecified atom stereocenters. The Kier molecular flexibility index (Phi) is 3.52. The molecule has 4 nitrogen and oxygen atoms in total. The Labute approximate surface area is 123 Å². The summed E-state index contributed by atoms with van der Waals surface area (Å²) in [5, 5.41) is 9.31. The van der Waals surface area contributed by atoms with Gasteiger partial charge < -0.3 is 14.7 Å². The highest BCUT2D eigenvalue weighted by Crippen LogP contribution is 2.35. The molecule has 0 saturated carbocycles. The largest absolute Gasteiger partial charge is 0.497 e. The maximum Gasteiger partial charge on any atom is 0.337 e. The van der Waals surface area contributed by atoms with E-state index >= 15 is 0 Å². The van der Waals surface area contributed by atoms with Gasteiger partial charge in [-0.15, -0.1) is 0 Å². The van der Waals surface area contributed by atoms with Gasteiger partial charge in [-0.2, -0.15) is 0 Å². The quantitative estimate of drug-likeness (QED) is 0.937. The van der Waals surface area contributed by atoms with E-state index in [0.717, 1.165) is 18.8 Å². The summed E-state index contributed by atoms with van der Waals surface area (Å²) in [6.45, 7) is 1.66. The molecule has 1 aliphatic heterocycles. The molecule has 0 amide bonds. The average molecular weight is 283 g/mol. The molecule has 3 rings (SSSR count). The normalized spacial score (nSPS) is 14.6. The van der Waals surface area contributed by atoms with E-state index in [1.807, 2.05) is 18.2 Å². The van der Waals surface area contributed by atoms with Gasteiger partial charge in [0, 0.05) is 25.1 Å². The summed E-state index contributed by atoms with van der Waals surface area (Å²) in [5.74, 6) is 0.230. The highest BCUT2D eigenvalue weighted by molar-refractivity contribution is 5.95. The first-order valence-electron chi connectivity index (χ1n) is 6.90. The highest BCUT2D eigenvalue weighted by atomic mass is 16.5. The fourth-order valence-electron chi connectivity index (χ4n) is 2.69. The minimum atomic E-state index is -0.907. The summed E-state index contributed by atoms with van der Waals surface area (Å²) in [7, 11) is 1.59. The molecule has 0 spiro atoms. The van der Waals surface area contributed by atoms with Gasteiger partial charge in [0.1, 0.15) is 5.75 Å². The Bertz CT molecular complexity index is 648. The number of benzene rings is 2. The second-order valence-corrected chi connectivity index (χ2v) is 5.20. The van der Waals surface area contributed by atoms with Gasteiger partial charge in [-0.25, -0.2) is 4.79 Å². The molecule has 2 aromatic carbocycles. The van der Waals surface area contributed by atoms with Crippen LogP contribution in [0.15, 0.2) is 48.5 Å². The Balaban J connectivity index is 1.81. The Morgan fingerprint density at radius 3 is 2.52 bits per heavy atom. The van der Waals surface area contributed by atoms with Crippen LogP contribution in [0.25, 0.3) is 0 Å². The fraction of sp³-hybridized carbons (Fsp3) is 0.235. The highest BCUT2D eigenvalue weighted by Gasteiger charge is 2.30. The maximum absolute atomic E-state index is 11.3. The van der Waals surface area contributed by atoms with Crippen LogP contribution in [0, 0.1) is 0 Å². The molecule has 1 heterocycles. The molecule has 0 aliphatic carbocycles. The maximum atomic E-state index is 11.3. The van der Waals surface area contributed by atoms with Crippen molar-refractivity contribution in [2.45, 2.75) is 5.92 Å². The van der Waals surface area contributed by atoms with Crippen molar-refractivity contribution in [2.75, 3.05) is 25.1 Å². The van der Waals surface area contributed by atoms with Gasteiger partial charge >= 0.3 is 5.97 Å². The van der Waals surface area contributed by atoms with E-state index in [2.05, 4.69) is 17.0 Å². The van der Waals surface area contributed by atoms with Crippen LogP contribution < -0.4 is 9.64 Å². The molecule has 21 heavy (non-hydrogen) atoms. The molecule has 0 atom stereocenters. The average Bonchev–Trinajstić information content (AvgIpc) is 2.46. The zero-order chi connectivity index (χ0) is 14.8. The molecule has 2 aromatic rings. The Morgan fingerprint density at radius 2 is 1.90 bits per heavy atom. The third kappa shape index (κ3) is 2.57. The fourth-order valence-corrected chi connectivity index (χ4v) is 2.69. The predicted molar refractivity (Wildman–Crippen MR) is 81.3 cm³/mol. The molecule has 1 fully saturated rings. The van der Waals surface area contributed by atoms with Crippen LogP contribution in [-0.4, -0.2) is 31.3 Å². The van der Waals surface area contributed by atoms with Crippen LogP contribution in [0.5, 0.6) is 5.75 Å². The lowest BCUT2D eigenvalue weighted by atomic mass is 9.90. The van der Waals surface area contributed by atoms with Gasteiger partial charge in [0.05, 0.1) is 18.4 Å². The lowest BCUT2D eigenvalue weighted by molar-refractivity contribution is 0.0697. The zero-order valence-corrected chi connectivity index (χ0v) is 11.8. The van der Waals surface area contributed by atoms with E-state index in [1.165, 1.54) is 5.56 Å². The van der Waals surface area contributed by atoms with E-state index in [0.29, 0.717) is 17.2 Å². The van der Waals surface area contributed by atoms with Crippen LogP contribution in [0.4, 0.5) is 5.69 Å². The lowest BCUT2D eigenvalue weighted by Crippen LogP contribution is -2.45. The number of hydrogen-bond acceptors (Lipinski definition) is 3. The minimum absolute atomic E-state index is 0.322. The molecule has 1 N–H and O–H groups in total. The van der Waals surface area contributed by atoms with E-state index in [9.17, 15) is 9.90 Å². The molecule has 108 valence electrons. The summed E-state index contributed by atoms with van der Waals surface area (Å²) < 4.78 is 5.20. The number of methoxy groups -OCH3 is 1. The molecule has 4 heteroatoms. The number of carboxylic acid groups (broad SMARTS) is 1. The second-order valence-electron chi connectivity index (χ2n) is 5.20. The molecule has 0 radical (unpaired) electrons. The molecule has 0 bridgehead atoms. The van der Waals surface area contributed by atoms with E-state index in [1.54, 1.807) is 25.3 Å². The summed E-state index contributed by atoms with van der Waals surface area (Å²) in [5.41, 5.74) is 2.35. The SMILES string of the molecule is COc1ccc(C(=O)O)c(N2CC(c3ccccc3)C2)c1. The van der Waals surface area contributed by atoms with E-state index in [-0.39, 0.29) is 0 Å². The number of hydrogen-bond donors (Lipinski definition) is 1. The van der Waals surface area contributed by atoms with Crippen molar-refractivity contribution in [3.63, 3.8) is 0 Å². The third-order valence-electron chi connectivity index (χ3n) is 3.93. The predicted octanol–water partition coefficient (Wildman–Crippen LogP) is 3.00. The van der Waals surface area contributed by atoms with Crippen molar-refractivity contribution in [3.05, 3.63) is 59.7 Å². The number of carboxylic acids is 1. The van der Waals surface area contributed by atoms with Gasteiger partial charge in [0.25, 0.3) is 0 Å². The standard InChI is InChI=1S/C17H17NO3/c1-21-14-7-8-15(17(19)20)16(9-14)18-10-13(11-18)12-5-3-2-4-6-12/h2-9,13H,10-11H2,1H3,(H,19,20). The van der Waals surface area contributed by atoms with Crippen LogP contribution in [0.1, 0.15) is 21.8 Å². The van der Waals surface area contributed by atoms with Crippen LogP contribution in [-0.2, 0) is 0 Å². The van der Waals surface area contributed by atoms with E-state index < -0.39 is 5.97 Å². The van der Waals surface area contributed by atoms with Gasteiger partial charge in [0.2, 0.25) is 0 Å². The van der Waals surface area contributed by atoms with Gasteiger partial charge in [-0.3, -0.25) is 0 Å². The number of rotatable bonds is 4. The minimum Gasteiger partial charge on any atom is -0.497 e. The molecular formula is C17H17NO3. The third-order valence-corrected chi connectivity index (χ3v) is 3.93. The van der Waals surface area contributed by atoms with Gasteiger partial charge in [-0.05, 0) is 17.7 Å². The van der Waals surface area contributed by atoms with Crippen molar-refractivity contribution in [1.29, 1.82) is 0 Å². The second kappa shape index (κ2) is 5.48. The lowest BCUT2D eigenvalue weighted by Gasteiger charge is -2.42. The van der Waals surface area contributed by atoms with Crippen LogP contribution in [0.3, 0.4) is 0 Å². The number of carbonyl (C=O) groups is 1. The van der Waals surface area contributed by atoms with Crippen molar-refractivity contribution in [2.24, 2.45) is 0 Å². The Morgan fingerprint density at radius 1 is 1.19 bits per heavy atom. The molecule has 1 aliphatic rings. The van der Waals surface area contributed by atoms with Crippen LogP contribution >= 0.6 is 0 Å². The number of aromatic carboxylic acids is 1. The number of nitrogens with zero attached hydrogens (tertiary/aromatic N) is 1. The summed E-state index contributed by atoms with van der Waals surface area (Å²) in [4.78, 5) is 13.4. The van der Waals surface area contributed by atoms with Crippen molar-refractivity contribution in [1.82, 2.24) is 0 Å². The summed E-state index contributed by atoms with van der Waals surface area (Å²) >= 11 is 0. The topological polar surface area (TPSA) is 49.8 Å². The smallest absolute Gasteiger partial charge is 0.337 e. The first-order chi connectivity index (χ1) is 10.2. The monoisotopic (exact) mass is 283 g/mol. The van der Waals surface area contributed by atoms with Gasteiger partial charge in [0.15, 0.2) is 0 Å². The molecule has 1 saturated heterocycles. The van der Waals surface area contributed by atoms with Crippen LogP contribution in [0.2, 0.25) is 0 Å². The first kappa shape index (κ1) is 13.5. The number of ether oxygens (including phenoxy) is 1. The summed E-state index contributed by atoms with van der Waals surface area (Å²) in [6.07, 6.45) is 0. The van der Waals surface area contributed by atoms with E-state index in [4.69, 9.17) is 4.74 Å². The summed E-state index contributed by atoms with van der Waals surface area (Å²) in [6, 6.07) is 15.4. The zero-order valence-electron chi connectivity index (χ0n) is 11.8. The van der Waals surface area contributed by atoms with Crippen molar-refractivity contribution >= 4 is 11.7 Å². The van der Waals surface area contributed by atoms with Gasteiger partial charge in [-0.1, -0.05) is 30.3 Å². The van der Waals surface area contributed by atoms with Crippen molar-refractivity contribution < 1.29 is 14.6 Å². The van der Waals surface area contributed by atoms with Crippen molar-refractivity contribution in [3.8, 4) is 5.75 Å².